The minimum absolute atomic E-state index is 0.0274. The van der Waals surface area contributed by atoms with Crippen molar-refractivity contribution in [1.29, 1.82) is 0 Å². The number of urea groups is 1. The number of piperidine rings is 1. The number of hydrogen-bond donors (Lipinski definition) is 1. The fraction of sp³-hybridized carbons (Fsp3) is 0.667. The fourth-order valence-corrected chi connectivity index (χ4v) is 3.04. The lowest BCUT2D eigenvalue weighted by Gasteiger charge is -2.40. The number of rotatable bonds is 2. The molecular weight excluding hydrogens is 284 g/mol. The molecule has 3 heterocycles. The van der Waals surface area contributed by atoms with E-state index in [0.29, 0.717) is 19.0 Å². The molecule has 0 bridgehead atoms. The third-order valence-electron chi connectivity index (χ3n) is 4.49. The lowest BCUT2D eigenvalue weighted by atomic mass is 9.94. The molecular formula is C15H22N4O3. The van der Waals surface area contributed by atoms with Crippen LogP contribution in [-0.4, -0.2) is 59.1 Å². The second-order valence-corrected chi connectivity index (χ2v) is 6.20. The SMILES string of the molecule is CC(=O)N1CC(NC(=O)N2CCC(c3cc(C)no3)CC2)C1. The predicted octanol–water partition coefficient (Wildman–Crippen LogP) is 1.10. The average Bonchev–Trinajstić information content (AvgIpc) is 2.88. The Balaban J connectivity index is 1.43. The van der Waals surface area contributed by atoms with Crippen molar-refractivity contribution in [3.63, 3.8) is 0 Å². The molecule has 1 aromatic heterocycles. The Morgan fingerprint density at radius 2 is 1.95 bits per heavy atom. The molecule has 1 aromatic rings. The lowest BCUT2D eigenvalue weighted by Crippen LogP contribution is -2.62. The van der Waals surface area contributed by atoms with Crippen LogP contribution in [-0.2, 0) is 4.79 Å². The highest BCUT2D eigenvalue weighted by atomic mass is 16.5. The summed E-state index contributed by atoms with van der Waals surface area (Å²) in [6.45, 7) is 6.15. The first-order valence-electron chi connectivity index (χ1n) is 7.77. The van der Waals surface area contributed by atoms with Crippen molar-refractivity contribution in [3.05, 3.63) is 17.5 Å². The van der Waals surface area contributed by atoms with E-state index in [1.807, 2.05) is 17.9 Å². The molecule has 0 radical (unpaired) electrons. The Morgan fingerprint density at radius 3 is 2.50 bits per heavy atom. The van der Waals surface area contributed by atoms with Gasteiger partial charge in [-0.3, -0.25) is 4.79 Å². The molecule has 120 valence electrons. The van der Waals surface area contributed by atoms with Crippen molar-refractivity contribution in [3.8, 4) is 0 Å². The number of carbonyl (C=O) groups is 2. The third-order valence-corrected chi connectivity index (χ3v) is 4.49. The molecule has 2 aliphatic heterocycles. The number of hydrogen-bond acceptors (Lipinski definition) is 4. The highest BCUT2D eigenvalue weighted by molar-refractivity contribution is 5.77. The minimum Gasteiger partial charge on any atom is -0.361 e. The lowest BCUT2D eigenvalue weighted by molar-refractivity contribution is -0.133. The summed E-state index contributed by atoms with van der Waals surface area (Å²) in [5.41, 5.74) is 0.898. The second-order valence-electron chi connectivity index (χ2n) is 6.20. The minimum atomic E-state index is -0.0274. The van der Waals surface area contributed by atoms with Crippen LogP contribution < -0.4 is 5.32 Å². The van der Waals surface area contributed by atoms with E-state index in [0.717, 1.165) is 37.4 Å². The normalized spacial score (nSPS) is 19.9. The molecule has 1 N–H and O–H groups in total. The monoisotopic (exact) mass is 306 g/mol. The predicted molar refractivity (Wildman–Crippen MR) is 79.4 cm³/mol. The van der Waals surface area contributed by atoms with Crippen LogP contribution in [0.2, 0.25) is 0 Å². The van der Waals surface area contributed by atoms with Crippen LogP contribution in [0.5, 0.6) is 0 Å². The Bertz CT molecular complexity index is 557. The Morgan fingerprint density at radius 1 is 1.27 bits per heavy atom. The van der Waals surface area contributed by atoms with Gasteiger partial charge in [-0.15, -0.1) is 0 Å². The summed E-state index contributed by atoms with van der Waals surface area (Å²) >= 11 is 0. The van der Waals surface area contributed by atoms with Gasteiger partial charge >= 0.3 is 6.03 Å². The van der Waals surface area contributed by atoms with E-state index >= 15 is 0 Å². The van der Waals surface area contributed by atoms with Crippen LogP contribution in [0, 0.1) is 6.92 Å². The van der Waals surface area contributed by atoms with Gasteiger partial charge in [0.05, 0.1) is 11.7 Å². The largest absolute Gasteiger partial charge is 0.361 e. The first kappa shape index (κ1) is 14.9. The Kier molecular flexibility index (Phi) is 4.04. The number of carbonyl (C=O) groups excluding carboxylic acids is 2. The van der Waals surface area contributed by atoms with E-state index < -0.39 is 0 Å². The molecule has 3 rings (SSSR count). The number of amides is 3. The second kappa shape index (κ2) is 5.98. The molecule has 0 unspecified atom stereocenters. The van der Waals surface area contributed by atoms with Gasteiger partial charge in [-0.2, -0.15) is 0 Å². The quantitative estimate of drug-likeness (QED) is 0.887. The number of nitrogens with zero attached hydrogens (tertiary/aromatic N) is 3. The van der Waals surface area contributed by atoms with Crippen molar-refractivity contribution in [2.24, 2.45) is 0 Å². The van der Waals surface area contributed by atoms with Crippen LogP contribution >= 0.6 is 0 Å². The molecule has 0 atom stereocenters. The van der Waals surface area contributed by atoms with Gasteiger partial charge in [-0.05, 0) is 19.8 Å². The van der Waals surface area contributed by atoms with Gasteiger partial charge in [0, 0.05) is 45.1 Å². The van der Waals surface area contributed by atoms with Crippen molar-refractivity contribution < 1.29 is 14.1 Å². The summed E-state index contributed by atoms with van der Waals surface area (Å²) in [6.07, 6.45) is 1.79. The van der Waals surface area contributed by atoms with Crippen molar-refractivity contribution in [1.82, 2.24) is 20.3 Å². The molecule has 7 nitrogen and oxygen atoms in total. The van der Waals surface area contributed by atoms with Crippen molar-refractivity contribution in [2.75, 3.05) is 26.2 Å². The highest BCUT2D eigenvalue weighted by Crippen LogP contribution is 2.28. The maximum absolute atomic E-state index is 12.2. The summed E-state index contributed by atoms with van der Waals surface area (Å²) in [6, 6.07) is 2.04. The third kappa shape index (κ3) is 3.08. The molecule has 2 fully saturated rings. The molecule has 0 aliphatic carbocycles. The summed E-state index contributed by atoms with van der Waals surface area (Å²) in [7, 11) is 0. The van der Waals surface area contributed by atoms with Gasteiger partial charge in [0.15, 0.2) is 0 Å². The van der Waals surface area contributed by atoms with Gasteiger partial charge in [-0.25, -0.2) is 4.79 Å². The van der Waals surface area contributed by atoms with Crippen LogP contribution in [0.3, 0.4) is 0 Å². The summed E-state index contributed by atoms with van der Waals surface area (Å²) < 4.78 is 5.32. The Labute approximate surface area is 129 Å². The van der Waals surface area contributed by atoms with Crippen molar-refractivity contribution in [2.45, 2.75) is 38.6 Å². The molecule has 22 heavy (non-hydrogen) atoms. The molecule has 7 heteroatoms. The van der Waals surface area contributed by atoms with E-state index in [4.69, 9.17) is 4.52 Å². The van der Waals surface area contributed by atoms with Gasteiger partial charge in [0.2, 0.25) is 5.91 Å². The van der Waals surface area contributed by atoms with Crippen LogP contribution in [0.4, 0.5) is 4.79 Å². The van der Waals surface area contributed by atoms with Gasteiger partial charge < -0.3 is 19.6 Å². The first-order valence-corrected chi connectivity index (χ1v) is 7.77. The van der Waals surface area contributed by atoms with E-state index in [1.165, 1.54) is 0 Å². The molecule has 2 aliphatic rings. The van der Waals surface area contributed by atoms with Crippen LogP contribution in [0.25, 0.3) is 0 Å². The fourth-order valence-electron chi connectivity index (χ4n) is 3.04. The number of nitrogens with one attached hydrogen (secondary N) is 1. The van der Waals surface area contributed by atoms with E-state index in [2.05, 4.69) is 10.5 Å². The number of aromatic nitrogens is 1. The van der Waals surface area contributed by atoms with Crippen LogP contribution in [0.1, 0.15) is 37.1 Å². The van der Waals surface area contributed by atoms with E-state index in [9.17, 15) is 9.59 Å². The maximum atomic E-state index is 12.2. The highest BCUT2D eigenvalue weighted by Gasteiger charge is 2.32. The van der Waals surface area contributed by atoms with Crippen molar-refractivity contribution >= 4 is 11.9 Å². The molecule has 3 amide bonds. The Hall–Kier alpha value is -2.05. The van der Waals surface area contributed by atoms with E-state index in [-0.39, 0.29) is 18.0 Å². The first-order chi connectivity index (χ1) is 10.5. The standard InChI is InChI=1S/C15H22N4O3/c1-10-7-14(22-17-10)12-3-5-18(6-4-12)15(21)16-13-8-19(9-13)11(2)20/h7,12-13H,3-6,8-9H2,1-2H3,(H,16,21). The maximum Gasteiger partial charge on any atom is 0.317 e. The smallest absolute Gasteiger partial charge is 0.317 e. The van der Waals surface area contributed by atoms with Gasteiger partial charge in [0.25, 0.3) is 0 Å². The average molecular weight is 306 g/mol. The summed E-state index contributed by atoms with van der Waals surface area (Å²) in [5.74, 6) is 1.34. The number of aryl methyl sites for hydroxylation is 1. The summed E-state index contributed by atoms with van der Waals surface area (Å²) in [5, 5.41) is 6.91. The summed E-state index contributed by atoms with van der Waals surface area (Å²) in [4.78, 5) is 26.9. The molecule has 2 saturated heterocycles. The van der Waals surface area contributed by atoms with Gasteiger partial charge in [-0.1, -0.05) is 5.16 Å². The topological polar surface area (TPSA) is 78.7 Å². The zero-order chi connectivity index (χ0) is 15.7. The molecule has 0 saturated carbocycles. The van der Waals surface area contributed by atoms with E-state index in [1.54, 1.807) is 11.8 Å². The zero-order valence-electron chi connectivity index (χ0n) is 13.0. The molecule has 0 aromatic carbocycles. The molecule has 0 spiro atoms. The number of likely N-dealkylation sites (tertiary alicyclic amines) is 2. The van der Waals surface area contributed by atoms with Gasteiger partial charge in [0.1, 0.15) is 5.76 Å². The van der Waals surface area contributed by atoms with Crippen LogP contribution in [0.15, 0.2) is 10.6 Å². The zero-order valence-corrected chi connectivity index (χ0v) is 13.0.